The molecule has 2 bridgehead atoms. The molecule has 0 spiro atoms. The summed E-state index contributed by atoms with van der Waals surface area (Å²) in [6.45, 7) is 0.154. The summed E-state index contributed by atoms with van der Waals surface area (Å²) in [5, 5.41) is 19.7. The molecule has 172 valence electrons. The molecule has 2 aliphatic carbocycles. The standard InChI is InChI=1S/C23H22N2O6S2/c26-10-5-3-9(4-6-10)14-15-11-8-12(18(15)32-20-19(14)33-23(31)24-20)17-16(11)21(29)25(22(17)30)7-1-2-13(27)28/h3-6,11-12,14-18,26H,1-2,7-8H2,(H,24,31)(H,27,28)/t11-,12-,14-,15-,16+,17-,18-/m1/s1. The van der Waals surface area contributed by atoms with Crippen molar-refractivity contribution in [3.05, 3.63) is 44.4 Å². The van der Waals surface area contributed by atoms with Gasteiger partial charge in [-0.25, -0.2) is 0 Å². The van der Waals surface area contributed by atoms with Gasteiger partial charge >= 0.3 is 10.8 Å². The van der Waals surface area contributed by atoms with Gasteiger partial charge in [-0.15, -0.1) is 11.8 Å². The van der Waals surface area contributed by atoms with Crippen molar-refractivity contribution in [2.45, 2.75) is 35.5 Å². The second kappa shape index (κ2) is 7.46. The van der Waals surface area contributed by atoms with E-state index in [-0.39, 0.29) is 82.6 Å². The van der Waals surface area contributed by atoms with E-state index >= 15 is 0 Å². The van der Waals surface area contributed by atoms with Crippen LogP contribution in [0.25, 0.3) is 0 Å². The molecule has 2 aromatic rings. The third-order valence-electron chi connectivity index (χ3n) is 7.84. The highest BCUT2D eigenvalue weighted by molar-refractivity contribution is 8.00. The highest BCUT2D eigenvalue weighted by Crippen LogP contribution is 2.68. The van der Waals surface area contributed by atoms with E-state index < -0.39 is 5.97 Å². The van der Waals surface area contributed by atoms with Crippen molar-refractivity contribution in [1.29, 1.82) is 0 Å². The maximum absolute atomic E-state index is 13.3. The molecule has 2 amide bonds. The number of hydrogen-bond donors (Lipinski definition) is 3. The zero-order chi connectivity index (χ0) is 23.0. The molecular weight excluding hydrogens is 464 g/mol. The quantitative estimate of drug-likeness (QED) is 0.554. The minimum atomic E-state index is -0.936. The lowest BCUT2D eigenvalue weighted by atomic mass is 9.68. The third-order valence-corrected chi connectivity index (χ3v) is 10.4. The van der Waals surface area contributed by atoms with Crippen LogP contribution in [0.1, 0.15) is 35.6 Å². The van der Waals surface area contributed by atoms with E-state index in [4.69, 9.17) is 5.11 Å². The number of aromatic hydroxyl groups is 1. The summed E-state index contributed by atoms with van der Waals surface area (Å²) in [4.78, 5) is 54.8. The van der Waals surface area contributed by atoms with Crippen LogP contribution in [0.3, 0.4) is 0 Å². The van der Waals surface area contributed by atoms with Gasteiger partial charge < -0.3 is 15.2 Å². The Kier molecular flexibility index (Phi) is 4.74. The number of likely N-dealkylation sites (tertiary alicyclic amines) is 1. The molecule has 1 aromatic carbocycles. The van der Waals surface area contributed by atoms with E-state index in [2.05, 4.69) is 4.98 Å². The Labute approximate surface area is 197 Å². The van der Waals surface area contributed by atoms with E-state index in [1.54, 1.807) is 23.9 Å². The number of hydrogen-bond acceptors (Lipinski definition) is 7. The van der Waals surface area contributed by atoms with Crippen LogP contribution in [-0.2, 0) is 14.4 Å². The Morgan fingerprint density at radius 1 is 1.09 bits per heavy atom. The molecule has 1 aromatic heterocycles. The van der Waals surface area contributed by atoms with Crippen molar-refractivity contribution in [2.24, 2.45) is 29.6 Å². The Morgan fingerprint density at radius 3 is 2.48 bits per heavy atom. The number of fused-ring (bicyclic) bond motifs is 9. The smallest absolute Gasteiger partial charge is 0.305 e. The van der Waals surface area contributed by atoms with Crippen molar-refractivity contribution < 1.29 is 24.6 Å². The topological polar surface area (TPSA) is 128 Å². The van der Waals surface area contributed by atoms with Gasteiger partial charge in [-0.05, 0) is 48.3 Å². The molecule has 0 unspecified atom stereocenters. The number of rotatable bonds is 5. The van der Waals surface area contributed by atoms with Gasteiger partial charge in [0.2, 0.25) is 11.8 Å². The molecule has 4 aliphatic rings. The number of benzene rings is 1. The lowest BCUT2D eigenvalue weighted by Crippen LogP contribution is -2.42. The predicted octanol–water partition coefficient (Wildman–Crippen LogP) is 2.48. The zero-order valence-corrected chi connectivity index (χ0v) is 19.1. The number of phenolic OH excluding ortho intramolecular Hbond substituents is 1. The van der Waals surface area contributed by atoms with Crippen LogP contribution in [0.5, 0.6) is 5.75 Å². The fourth-order valence-electron chi connectivity index (χ4n) is 6.74. The average Bonchev–Trinajstić information content (AvgIpc) is 3.49. The Bertz CT molecular complexity index is 1220. The van der Waals surface area contributed by atoms with Crippen LogP contribution in [0.2, 0.25) is 0 Å². The Hall–Kier alpha value is -2.59. The molecule has 6 rings (SSSR count). The summed E-state index contributed by atoms with van der Waals surface area (Å²) in [7, 11) is 0. The van der Waals surface area contributed by atoms with Crippen LogP contribution in [0, 0.1) is 29.6 Å². The molecule has 1 saturated heterocycles. The number of thioether (sulfide) groups is 1. The number of aromatic nitrogens is 1. The fourth-order valence-corrected chi connectivity index (χ4v) is 9.63. The molecule has 3 N–H and O–H groups in total. The molecule has 2 aliphatic heterocycles. The molecule has 33 heavy (non-hydrogen) atoms. The second-order valence-corrected chi connectivity index (χ2v) is 11.6. The highest BCUT2D eigenvalue weighted by atomic mass is 32.2. The molecule has 0 radical (unpaired) electrons. The first-order chi connectivity index (χ1) is 15.8. The number of imide groups is 1. The van der Waals surface area contributed by atoms with Crippen LogP contribution in [0.15, 0.2) is 34.1 Å². The lowest BCUT2D eigenvalue weighted by Gasteiger charge is -2.43. The highest BCUT2D eigenvalue weighted by Gasteiger charge is 2.69. The van der Waals surface area contributed by atoms with E-state index in [0.29, 0.717) is 0 Å². The number of carbonyl (C=O) groups excluding carboxylic acids is 2. The fraction of sp³-hybridized carbons (Fsp3) is 0.478. The average molecular weight is 487 g/mol. The SMILES string of the molecule is O=C(O)CCCN1C(=O)[C@@H]2[C@H]3C[C@@H]([C@@H]2C1=O)[C@@H]1[C@@H](c2ccc(O)cc2)c2sc(=O)[nH]c2S[C@H]31. The van der Waals surface area contributed by atoms with Gasteiger partial charge in [-0.1, -0.05) is 23.5 Å². The maximum Gasteiger partial charge on any atom is 0.305 e. The third kappa shape index (κ3) is 3.03. The number of H-pyrrole nitrogens is 1. The largest absolute Gasteiger partial charge is 0.508 e. The summed E-state index contributed by atoms with van der Waals surface area (Å²) in [5.74, 6) is -1.69. The monoisotopic (exact) mass is 486 g/mol. The van der Waals surface area contributed by atoms with Gasteiger partial charge in [0.25, 0.3) is 0 Å². The van der Waals surface area contributed by atoms with Gasteiger partial charge in [0.1, 0.15) is 5.75 Å². The van der Waals surface area contributed by atoms with Gasteiger partial charge in [-0.3, -0.25) is 24.1 Å². The number of aliphatic carboxylic acids is 1. The van der Waals surface area contributed by atoms with E-state index in [9.17, 15) is 24.3 Å². The van der Waals surface area contributed by atoms with Gasteiger partial charge in [0, 0.05) is 29.0 Å². The van der Waals surface area contributed by atoms with E-state index in [1.165, 1.54) is 16.2 Å². The maximum atomic E-state index is 13.3. The Morgan fingerprint density at radius 2 is 1.79 bits per heavy atom. The molecule has 7 atom stereocenters. The van der Waals surface area contributed by atoms with Crippen molar-refractivity contribution in [3.8, 4) is 5.75 Å². The summed E-state index contributed by atoms with van der Waals surface area (Å²) in [6.07, 6.45) is 1.00. The molecule has 2 saturated carbocycles. The number of thiazole rings is 1. The van der Waals surface area contributed by atoms with Crippen molar-refractivity contribution in [2.75, 3.05) is 6.54 Å². The van der Waals surface area contributed by atoms with Gasteiger partial charge in [0.15, 0.2) is 0 Å². The van der Waals surface area contributed by atoms with E-state index in [0.717, 1.165) is 21.9 Å². The number of nitrogens with one attached hydrogen (secondary N) is 1. The summed E-state index contributed by atoms with van der Waals surface area (Å²) >= 11 is 2.84. The molecule has 3 fully saturated rings. The minimum Gasteiger partial charge on any atom is -0.508 e. The number of nitrogens with zero attached hydrogens (tertiary/aromatic N) is 1. The summed E-state index contributed by atoms with van der Waals surface area (Å²) < 4.78 is 0. The normalized spacial score (nSPS) is 33.8. The number of aromatic amines is 1. The number of carbonyl (C=O) groups is 3. The van der Waals surface area contributed by atoms with Crippen molar-refractivity contribution in [3.63, 3.8) is 0 Å². The zero-order valence-electron chi connectivity index (χ0n) is 17.5. The minimum absolute atomic E-state index is 0.0302. The van der Waals surface area contributed by atoms with Gasteiger partial charge in [-0.2, -0.15) is 0 Å². The summed E-state index contributed by atoms with van der Waals surface area (Å²) in [5.41, 5.74) is 0.999. The lowest BCUT2D eigenvalue weighted by molar-refractivity contribution is -0.142. The number of carboxylic acid groups (broad SMARTS) is 1. The van der Waals surface area contributed by atoms with Crippen molar-refractivity contribution in [1.82, 2.24) is 9.88 Å². The van der Waals surface area contributed by atoms with Crippen LogP contribution in [0.4, 0.5) is 0 Å². The summed E-state index contributed by atoms with van der Waals surface area (Å²) in [6, 6.07) is 7.05. The first kappa shape index (κ1) is 21.0. The van der Waals surface area contributed by atoms with Crippen LogP contribution < -0.4 is 4.87 Å². The van der Waals surface area contributed by atoms with Crippen LogP contribution >= 0.6 is 23.1 Å². The van der Waals surface area contributed by atoms with E-state index in [1.807, 2.05) is 12.1 Å². The number of amides is 2. The molecule has 3 heterocycles. The Balaban J connectivity index is 1.37. The second-order valence-electron chi connectivity index (χ2n) is 9.38. The molecular formula is C23H22N2O6S2. The molecule has 10 heteroatoms. The first-order valence-electron chi connectivity index (χ1n) is 11.1. The first-order valence-corrected chi connectivity index (χ1v) is 12.8. The van der Waals surface area contributed by atoms with Crippen LogP contribution in [-0.4, -0.2) is 49.7 Å². The number of carboxylic acids is 1. The molecule has 8 nitrogen and oxygen atoms in total. The van der Waals surface area contributed by atoms with Gasteiger partial charge in [0.05, 0.1) is 16.9 Å². The van der Waals surface area contributed by atoms with Crippen molar-refractivity contribution >= 4 is 40.9 Å². The number of phenols is 1. The predicted molar refractivity (Wildman–Crippen MR) is 120 cm³/mol.